The van der Waals surface area contributed by atoms with Crippen LogP contribution in [-0.4, -0.2) is 74.2 Å². The van der Waals surface area contributed by atoms with Crippen molar-refractivity contribution in [1.82, 2.24) is 4.90 Å². The minimum absolute atomic E-state index is 0.0270. The fraction of sp³-hybridized carbons (Fsp3) is 0.653. The Balaban J connectivity index is 0.000000243. The molecular formula is C49H71NO10. The van der Waals surface area contributed by atoms with Gasteiger partial charge in [0, 0.05) is 18.4 Å². The minimum Gasteiger partial charge on any atom is -0.508 e. The van der Waals surface area contributed by atoms with Crippen LogP contribution in [0.4, 0.5) is 0 Å². The first-order valence-corrected chi connectivity index (χ1v) is 21.8. The quantitative estimate of drug-likeness (QED) is 0.118. The Hall–Kier alpha value is -4.41. The van der Waals surface area contributed by atoms with E-state index in [2.05, 4.69) is 16.4 Å². The number of benzene rings is 2. The van der Waals surface area contributed by atoms with Gasteiger partial charge in [0.05, 0.1) is 37.6 Å². The Labute approximate surface area is 358 Å². The fourth-order valence-electron chi connectivity index (χ4n) is 9.75. The molecule has 4 aliphatic carbocycles. The summed E-state index contributed by atoms with van der Waals surface area (Å²) in [5.74, 6) is 2.17. The number of carbonyl (C=O) groups is 5. The molecule has 60 heavy (non-hydrogen) atoms. The summed E-state index contributed by atoms with van der Waals surface area (Å²) >= 11 is 0. The molecule has 4 atom stereocenters. The number of esters is 3. The van der Waals surface area contributed by atoms with Crippen LogP contribution in [0.15, 0.2) is 48.5 Å². The molecule has 1 aliphatic heterocycles. The van der Waals surface area contributed by atoms with Gasteiger partial charge < -0.3 is 24.1 Å². The summed E-state index contributed by atoms with van der Waals surface area (Å²) in [7, 11) is 4.27. The number of imide groups is 1. The summed E-state index contributed by atoms with van der Waals surface area (Å²) in [5.41, 5.74) is 1.81. The Bertz CT molecular complexity index is 1740. The Kier molecular flexibility index (Phi) is 16.4. The molecule has 11 heteroatoms. The summed E-state index contributed by atoms with van der Waals surface area (Å²) in [4.78, 5) is 60.4. The van der Waals surface area contributed by atoms with Crippen LogP contribution in [0, 0.1) is 45.8 Å². The van der Waals surface area contributed by atoms with E-state index in [4.69, 9.17) is 9.47 Å². The van der Waals surface area contributed by atoms with Crippen molar-refractivity contribution < 1.29 is 48.0 Å². The number of carbonyl (C=O) groups excluding carboxylic acids is 5. The van der Waals surface area contributed by atoms with Crippen LogP contribution in [0.2, 0.25) is 0 Å². The molecular weight excluding hydrogens is 763 g/mol. The zero-order valence-corrected chi connectivity index (χ0v) is 38.0. The van der Waals surface area contributed by atoms with Crippen molar-refractivity contribution in [3.63, 3.8) is 0 Å². The smallest absolute Gasteiger partial charge is 0.343 e. The normalized spacial score (nSPS) is 25.2. The molecule has 0 aromatic heterocycles. The van der Waals surface area contributed by atoms with E-state index in [9.17, 15) is 29.1 Å². The van der Waals surface area contributed by atoms with Crippen molar-refractivity contribution in [3.05, 3.63) is 59.7 Å². The molecule has 7 rings (SSSR count). The number of hydrogen-bond acceptors (Lipinski definition) is 10. The van der Waals surface area contributed by atoms with Crippen LogP contribution in [0.3, 0.4) is 0 Å². The maximum Gasteiger partial charge on any atom is 0.343 e. The number of phenols is 1. The van der Waals surface area contributed by atoms with Crippen LogP contribution < -0.4 is 4.74 Å². The molecule has 4 unspecified atom stereocenters. The topological polar surface area (TPSA) is 146 Å². The Morgan fingerprint density at radius 3 is 1.78 bits per heavy atom. The summed E-state index contributed by atoms with van der Waals surface area (Å²) in [6.07, 6.45) is 10.4. The summed E-state index contributed by atoms with van der Waals surface area (Å²) < 4.78 is 20.3. The van der Waals surface area contributed by atoms with E-state index in [0.717, 1.165) is 41.7 Å². The molecule has 0 radical (unpaired) electrons. The number of ether oxygens (including phenoxy) is 4. The van der Waals surface area contributed by atoms with Crippen LogP contribution in [0.5, 0.6) is 11.5 Å². The highest BCUT2D eigenvalue weighted by Gasteiger charge is 2.51. The van der Waals surface area contributed by atoms with Gasteiger partial charge in [-0.15, -0.1) is 0 Å². The monoisotopic (exact) mass is 834 g/mol. The van der Waals surface area contributed by atoms with Crippen LogP contribution in [0.25, 0.3) is 0 Å². The average molecular weight is 834 g/mol. The van der Waals surface area contributed by atoms with Gasteiger partial charge in [-0.1, -0.05) is 45.0 Å². The first-order chi connectivity index (χ1) is 28.1. The molecule has 4 saturated carbocycles. The highest BCUT2D eigenvalue weighted by Crippen LogP contribution is 2.60. The van der Waals surface area contributed by atoms with E-state index in [-0.39, 0.29) is 70.6 Å². The number of phenolic OH excluding ortho intramolecular Hbond substituents is 1. The number of methoxy groups -OCH3 is 2. The van der Waals surface area contributed by atoms with E-state index in [1.807, 2.05) is 72.7 Å². The molecule has 1 saturated heterocycles. The molecule has 332 valence electrons. The molecule has 5 fully saturated rings. The van der Waals surface area contributed by atoms with Crippen molar-refractivity contribution in [1.29, 1.82) is 0 Å². The molecule has 2 aromatic rings. The Morgan fingerprint density at radius 1 is 0.817 bits per heavy atom. The molecule has 1 heterocycles. The molecule has 1 N–H and O–H groups in total. The number of likely N-dealkylation sites (tertiary alicyclic amines) is 1. The maximum atomic E-state index is 12.7. The lowest BCUT2D eigenvalue weighted by atomic mass is 9.50. The van der Waals surface area contributed by atoms with Crippen molar-refractivity contribution in [3.8, 4) is 11.5 Å². The predicted molar refractivity (Wildman–Crippen MR) is 230 cm³/mol. The molecule has 11 nitrogen and oxygen atoms in total. The molecule has 5 aliphatic rings. The zero-order chi connectivity index (χ0) is 44.6. The first kappa shape index (κ1) is 48.3. The van der Waals surface area contributed by atoms with Crippen molar-refractivity contribution in [2.75, 3.05) is 34.5 Å². The third-order valence-electron chi connectivity index (χ3n) is 13.5. The number of aromatic hydroxyl groups is 1. The maximum absolute atomic E-state index is 12.7. The minimum atomic E-state index is -0.456. The van der Waals surface area contributed by atoms with Gasteiger partial charge in [-0.2, -0.15) is 0 Å². The number of nitrogens with zero attached hydrogens (tertiary/aromatic N) is 1. The lowest BCUT2D eigenvalue weighted by Gasteiger charge is -2.56. The van der Waals surface area contributed by atoms with Gasteiger partial charge in [0.2, 0.25) is 11.8 Å². The van der Waals surface area contributed by atoms with E-state index >= 15 is 0 Å². The summed E-state index contributed by atoms with van der Waals surface area (Å²) in [5, 5.41) is 9.60. The molecule has 0 spiro atoms. The van der Waals surface area contributed by atoms with Gasteiger partial charge in [0.1, 0.15) is 11.5 Å². The third kappa shape index (κ3) is 12.6. The zero-order valence-electron chi connectivity index (χ0n) is 38.0. The van der Waals surface area contributed by atoms with Crippen molar-refractivity contribution in [2.45, 2.75) is 125 Å². The van der Waals surface area contributed by atoms with Gasteiger partial charge in [-0.25, -0.2) is 4.79 Å². The molecule has 2 aromatic carbocycles. The second-order valence-electron chi connectivity index (χ2n) is 19.7. The van der Waals surface area contributed by atoms with Crippen LogP contribution >= 0.6 is 0 Å². The van der Waals surface area contributed by atoms with E-state index in [1.165, 1.54) is 57.6 Å². The average Bonchev–Trinajstić information content (AvgIpc) is 3.39. The molecule has 2 amide bonds. The number of amides is 2. The van der Waals surface area contributed by atoms with E-state index in [1.54, 1.807) is 31.3 Å². The van der Waals surface area contributed by atoms with Gasteiger partial charge in [0.15, 0.2) is 6.61 Å². The number of hydrogen-bond donors (Lipinski definition) is 1. The second-order valence-corrected chi connectivity index (χ2v) is 19.7. The standard InChI is InChI=1S/C26H31NO6.C16H26O2.C7H14O2/c1-16(18-5-9-21(28)10-6-18)13-20(14-23-17(2)25(30)27(3)26(23)31)19-7-11-22(12-8-19)33-15-24(29)32-4;1-15(2,3)14(17)18-10-16-7-11-4-12(8-16)6-13(5-11)9-16;1-5-7(2,3)6(8)9-4/h5-12,16-17,20,23,28H,13-15H2,1-4H3;11-13H,4-10H2,1-3H3;5H2,1-4H3. The van der Waals surface area contributed by atoms with Crippen LogP contribution in [-0.2, 0) is 38.2 Å². The summed E-state index contributed by atoms with van der Waals surface area (Å²) in [6.45, 7) is 16.0. The lowest BCUT2D eigenvalue weighted by molar-refractivity contribution is -0.164. The largest absolute Gasteiger partial charge is 0.508 e. The van der Waals surface area contributed by atoms with E-state index < -0.39 is 5.97 Å². The van der Waals surface area contributed by atoms with Crippen molar-refractivity contribution >= 4 is 29.7 Å². The lowest BCUT2D eigenvalue weighted by Crippen LogP contribution is -2.48. The highest BCUT2D eigenvalue weighted by molar-refractivity contribution is 6.04. The third-order valence-corrected chi connectivity index (χ3v) is 13.5. The van der Waals surface area contributed by atoms with Crippen molar-refractivity contribution in [2.24, 2.45) is 45.8 Å². The predicted octanol–water partition coefficient (Wildman–Crippen LogP) is 9.25. The SMILES string of the molecule is CC(C)(C)C(=O)OCC12CC3CC(CC(C3)C1)C2.CCC(C)(C)C(=O)OC.COC(=O)COc1ccc(C(CC(C)c2ccc(O)cc2)CC2C(=O)N(C)C(=O)C2C)cc1. The van der Waals surface area contributed by atoms with Gasteiger partial charge in [0.25, 0.3) is 0 Å². The van der Waals surface area contributed by atoms with E-state index in [0.29, 0.717) is 24.2 Å². The van der Waals surface area contributed by atoms with Gasteiger partial charge >= 0.3 is 17.9 Å². The van der Waals surface area contributed by atoms with Gasteiger partial charge in [-0.3, -0.25) is 24.1 Å². The first-order valence-electron chi connectivity index (χ1n) is 21.8. The Morgan fingerprint density at radius 2 is 1.35 bits per heavy atom. The van der Waals surface area contributed by atoms with Crippen LogP contribution in [0.1, 0.15) is 136 Å². The molecule has 4 bridgehead atoms. The highest BCUT2D eigenvalue weighted by atomic mass is 16.6. The second kappa shape index (κ2) is 20.4. The number of rotatable bonds is 13. The van der Waals surface area contributed by atoms with Gasteiger partial charge in [-0.05, 0) is 157 Å². The summed E-state index contributed by atoms with van der Waals surface area (Å²) in [6, 6.07) is 14.6. The fourth-order valence-corrected chi connectivity index (χ4v) is 9.75.